The van der Waals surface area contributed by atoms with E-state index in [0.717, 1.165) is 27.4 Å². The number of thiazole rings is 1. The molecule has 9 heteroatoms. The molecule has 7 nitrogen and oxygen atoms in total. The zero-order valence-corrected chi connectivity index (χ0v) is 19.1. The highest BCUT2D eigenvalue weighted by Gasteiger charge is 2.17. The fourth-order valence-corrected chi connectivity index (χ4v) is 4.18. The molecule has 0 saturated heterocycles. The molecule has 32 heavy (non-hydrogen) atoms. The van der Waals surface area contributed by atoms with Crippen LogP contribution in [-0.4, -0.2) is 28.0 Å². The van der Waals surface area contributed by atoms with Gasteiger partial charge in [-0.1, -0.05) is 11.6 Å². The van der Waals surface area contributed by atoms with E-state index in [1.807, 2.05) is 32.0 Å². The Bertz CT molecular complexity index is 1360. The summed E-state index contributed by atoms with van der Waals surface area (Å²) in [4.78, 5) is 37.5. The number of anilines is 1. The molecule has 0 spiro atoms. The smallest absolute Gasteiger partial charge is 0.264 e. The number of hydrogen-bond donors (Lipinski definition) is 2. The van der Waals surface area contributed by atoms with Crippen LogP contribution in [0, 0.1) is 13.8 Å². The third-order valence-corrected chi connectivity index (χ3v) is 5.99. The van der Waals surface area contributed by atoms with Crippen LogP contribution in [0.3, 0.4) is 0 Å². The molecule has 4 rings (SSSR count). The van der Waals surface area contributed by atoms with E-state index in [9.17, 15) is 9.59 Å². The van der Waals surface area contributed by atoms with Gasteiger partial charge in [0.15, 0.2) is 5.13 Å². The molecule has 0 radical (unpaired) electrons. The fraction of sp³-hybridized carbons (Fsp3) is 0.130. The number of benzene rings is 2. The Balaban J connectivity index is 1.56. The average Bonchev–Trinajstić information content (AvgIpc) is 3.13. The summed E-state index contributed by atoms with van der Waals surface area (Å²) in [5, 5.41) is 3.68. The average molecular weight is 467 g/mol. The van der Waals surface area contributed by atoms with E-state index in [2.05, 4.69) is 20.3 Å². The lowest BCUT2D eigenvalue weighted by Gasteiger charge is -2.06. The molecule has 2 N–H and O–H groups in total. The van der Waals surface area contributed by atoms with Crippen molar-refractivity contribution in [3.63, 3.8) is 0 Å². The summed E-state index contributed by atoms with van der Waals surface area (Å²) in [5.74, 6) is 0.571. The number of rotatable bonds is 5. The quantitative estimate of drug-likeness (QED) is 0.427. The van der Waals surface area contributed by atoms with Gasteiger partial charge in [-0.3, -0.25) is 14.9 Å². The molecule has 2 heterocycles. The molecule has 0 aliphatic carbocycles. The van der Waals surface area contributed by atoms with Crippen LogP contribution in [0.5, 0.6) is 5.75 Å². The molecule has 162 valence electrons. The molecular weight excluding hydrogens is 448 g/mol. The topological polar surface area (TPSA) is 97.0 Å². The van der Waals surface area contributed by atoms with Gasteiger partial charge in [0.1, 0.15) is 17.1 Å². The number of nitrogens with one attached hydrogen (secondary N) is 2. The number of carbonyl (C=O) groups excluding carboxylic acids is 1. The maximum atomic E-state index is 12.7. The Morgan fingerprint density at radius 2 is 1.84 bits per heavy atom. The number of amides is 1. The van der Waals surface area contributed by atoms with E-state index < -0.39 is 11.5 Å². The van der Waals surface area contributed by atoms with Crippen LogP contribution in [0.25, 0.3) is 22.6 Å². The predicted molar refractivity (Wildman–Crippen MR) is 127 cm³/mol. The van der Waals surface area contributed by atoms with Gasteiger partial charge in [-0.15, -0.1) is 11.3 Å². The van der Waals surface area contributed by atoms with Gasteiger partial charge in [0.2, 0.25) is 0 Å². The van der Waals surface area contributed by atoms with Gasteiger partial charge in [-0.25, -0.2) is 9.97 Å². The summed E-state index contributed by atoms with van der Waals surface area (Å²) < 4.78 is 5.31. The van der Waals surface area contributed by atoms with Crippen molar-refractivity contribution in [1.82, 2.24) is 15.0 Å². The number of methoxy groups -OCH3 is 1. The van der Waals surface area contributed by atoms with Crippen molar-refractivity contribution in [3.8, 4) is 28.4 Å². The maximum absolute atomic E-state index is 12.7. The van der Waals surface area contributed by atoms with Crippen LogP contribution < -0.4 is 15.6 Å². The van der Waals surface area contributed by atoms with Crippen LogP contribution in [0.2, 0.25) is 5.02 Å². The molecule has 0 aliphatic rings. The maximum Gasteiger partial charge on any atom is 0.264 e. The van der Waals surface area contributed by atoms with Gasteiger partial charge in [-0.05, 0) is 61.9 Å². The highest BCUT2D eigenvalue weighted by atomic mass is 35.5. The lowest BCUT2D eigenvalue weighted by atomic mass is 10.1. The molecule has 0 atom stereocenters. The molecule has 0 saturated carbocycles. The van der Waals surface area contributed by atoms with Crippen LogP contribution in [-0.2, 0) is 0 Å². The van der Waals surface area contributed by atoms with E-state index >= 15 is 0 Å². The minimum absolute atomic E-state index is 0.0996. The van der Waals surface area contributed by atoms with Gasteiger partial charge in [0.25, 0.3) is 11.5 Å². The molecule has 0 fully saturated rings. The first kappa shape index (κ1) is 21.7. The normalized spacial score (nSPS) is 10.8. The monoisotopic (exact) mass is 466 g/mol. The first-order valence-corrected chi connectivity index (χ1v) is 10.8. The number of aromatic amines is 1. The summed E-state index contributed by atoms with van der Waals surface area (Å²) in [7, 11) is 1.63. The molecule has 2 aromatic heterocycles. The molecule has 0 aliphatic heterocycles. The largest absolute Gasteiger partial charge is 0.496 e. The van der Waals surface area contributed by atoms with Gasteiger partial charge in [-0.2, -0.15) is 0 Å². The second-order valence-corrected chi connectivity index (χ2v) is 8.68. The highest BCUT2D eigenvalue weighted by molar-refractivity contribution is 7.16. The molecule has 0 bridgehead atoms. The lowest BCUT2D eigenvalue weighted by molar-refractivity contribution is 0.102. The molecule has 4 aromatic rings. The van der Waals surface area contributed by atoms with Gasteiger partial charge >= 0.3 is 0 Å². The van der Waals surface area contributed by atoms with E-state index in [-0.39, 0.29) is 5.56 Å². The fourth-order valence-electron chi connectivity index (χ4n) is 3.22. The number of hydrogen-bond acceptors (Lipinski definition) is 6. The van der Waals surface area contributed by atoms with Crippen molar-refractivity contribution in [2.45, 2.75) is 13.8 Å². The van der Waals surface area contributed by atoms with Crippen LogP contribution in [0.15, 0.2) is 53.5 Å². The van der Waals surface area contributed by atoms with Crippen molar-refractivity contribution in [2.75, 3.05) is 12.4 Å². The van der Waals surface area contributed by atoms with E-state index in [4.69, 9.17) is 16.3 Å². The van der Waals surface area contributed by atoms with E-state index in [1.165, 1.54) is 17.5 Å². The summed E-state index contributed by atoms with van der Waals surface area (Å²) >= 11 is 7.23. The van der Waals surface area contributed by atoms with Crippen LogP contribution in [0.4, 0.5) is 5.13 Å². The number of halogens is 1. The number of ether oxygens (including phenoxy) is 1. The van der Waals surface area contributed by atoms with Gasteiger partial charge < -0.3 is 9.72 Å². The van der Waals surface area contributed by atoms with Crippen molar-refractivity contribution in [3.05, 3.63) is 80.0 Å². The summed E-state index contributed by atoms with van der Waals surface area (Å²) in [6.07, 6.45) is 1.26. The first-order chi connectivity index (χ1) is 15.4. The first-order valence-electron chi connectivity index (χ1n) is 9.64. The van der Waals surface area contributed by atoms with E-state index in [1.54, 1.807) is 31.4 Å². The summed E-state index contributed by atoms with van der Waals surface area (Å²) in [6, 6.07) is 12.7. The van der Waals surface area contributed by atoms with Crippen LogP contribution in [0.1, 0.15) is 20.8 Å². The number of aryl methyl sites for hydroxylation is 2. The lowest BCUT2D eigenvalue weighted by Crippen LogP contribution is -2.24. The van der Waals surface area contributed by atoms with E-state index in [0.29, 0.717) is 21.5 Å². The number of nitrogens with zero attached hydrogens (tertiary/aromatic N) is 2. The SMILES string of the molecule is COc1ccc(-c2nc(NC(=O)c3cnc(-c4ccc(Cl)cc4)[nH]c3=O)sc2C)cc1C. The zero-order chi connectivity index (χ0) is 22.8. The summed E-state index contributed by atoms with van der Waals surface area (Å²) in [6.45, 7) is 3.89. The number of carbonyl (C=O) groups is 1. The second kappa shape index (κ2) is 8.94. The Labute approximate surface area is 193 Å². The molecule has 2 aromatic carbocycles. The second-order valence-electron chi connectivity index (χ2n) is 7.04. The third-order valence-electron chi connectivity index (χ3n) is 4.85. The highest BCUT2D eigenvalue weighted by Crippen LogP contribution is 2.32. The van der Waals surface area contributed by atoms with Gasteiger partial charge in [0, 0.05) is 27.2 Å². The van der Waals surface area contributed by atoms with Crippen molar-refractivity contribution in [1.29, 1.82) is 0 Å². The molecule has 1 amide bonds. The number of aromatic nitrogens is 3. The predicted octanol–water partition coefficient (Wildman–Crippen LogP) is 5.09. The standard InChI is InChI=1S/C23H19ClN4O3S/c1-12-10-15(6-9-18(12)31-3)19-13(2)32-23(26-19)28-22(30)17-11-25-20(27-21(17)29)14-4-7-16(24)8-5-14/h4-11H,1-3H3,(H,25,27,29)(H,26,28,30). The Hall–Kier alpha value is -3.49. The van der Waals surface area contributed by atoms with Gasteiger partial charge in [0.05, 0.1) is 12.8 Å². The third kappa shape index (κ3) is 4.42. The minimum Gasteiger partial charge on any atom is -0.496 e. The number of H-pyrrole nitrogens is 1. The Morgan fingerprint density at radius 1 is 1.12 bits per heavy atom. The van der Waals surface area contributed by atoms with Crippen molar-refractivity contribution >= 4 is 34.0 Å². The van der Waals surface area contributed by atoms with Crippen molar-refractivity contribution in [2.24, 2.45) is 0 Å². The minimum atomic E-state index is -0.576. The van der Waals surface area contributed by atoms with Crippen LogP contribution >= 0.6 is 22.9 Å². The zero-order valence-electron chi connectivity index (χ0n) is 17.5. The Morgan fingerprint density at radius 3 is 2.50 bits per heavy atom. The molecular formula is C23H19ClN4O3S. The molecule has 0 unspecified atom stereocenters. The van der Waals surface area contributed by atoms with Crippen molar-refractivity contribution < 1.29 is 9.53 Å². The summed E-state index contributed by atoms with van der Waals surface area (Å²) in [5.41, 5.74) is 2.72. The Kier molecular flexibility index (Phi) is 6.07.